The topological polar surface area (TPSA) is 0 Å². The van der Waals surface area contributed by atoms with Crippen LogP contribution in [-0.4, -0.2) is 0 Å². The van der Waals surface area contributed by atoms with Crippen LogP contribution in [0.25, 0.3) is 66.1 Å². The first-order chi connectivity index (χ1) is 18.9. The van der Waals surface area contributed by atoms with E-state index >= 15 is 0 Å². The van der Waals surface area contributed by atoms with Crippen molar-refractivity contribution in [3.63, 3.8) is 0 Å². The van der Waals surface area contributed by atoms with Crippen LogP contribution in [0, 0.1) is 12.1 Å². The number of benzene rings is 7. The summed E-state index contributed by atoms with van der Waals surface area (Å²) in [6, 6.07) is 58.7. The maximum absolute atomic E-state index is 3.77. The zero-order valence-corrected chi connectivity index (χ0v) is 24.3. The molecule has 0 saturated heterocycles. The van der Waals surface area contributed by atoms with Crippen LogP contribution >= 0.6 is 0 Å². The fraction of sp³-hybridized carbons (Fsp3) is 0. The molecular weight excluding hydrogens is 545 g/mol. The quantitative estimate of drug-likeness (QED) is 0.146. The Balaban J connectivity index is 0.00000277. The molecule has 1 heteroatoms. The molecule has 0 aromatic heterocycles. The molecule has 7 aromatic rings. The largest absolute Gasteiger partial charge is 0.209 e. The fourth-order valence-corrected chi connectivity index (χ4v) is 5.54. The minimum absolute atomic E-state index is 0. The molecule has 0 heterocycles. The van der Waals surface area contributed by atoms with Crippen LogP contribution < -0.4 is 0 Å². The van der Waals surface area contributed by atoms with Gasteiger partial charge in [-0.05, 0) is 38.2 Å². The zero-order chi connectivity index (χ0) is 25.3. The summed E-state index contributed by atoms with van der Waals surface area (Å²) in [7, 11) is 0. The van der Waals surface area contributed by atoms with Crippen molar-refractivity contribution in [3.05, 3.63) is 158 Å². The maximum atomic E-state index is 3.77. The van der Waals surface area contributed by atoms with E-state index in [1.165, 1.54) is 49.4 Å². The monoisotopic (exact) mass is 569 g/mol. The van der Waals surface area contributed by atoms with Crippen molar-refractivity contribution in [1.29, 1.82) is 0 Å². The van der Waals surface area contributed by atoms with E-state index in [1.54, 1.807) is 0 Å². The van der Waals surface area contributed by atoms with Crippen LogP contribution in [-0.2, 0) is 32.7 Å². The SMILES string of the molecule is [Y].[c-]1ccc(-c2ccccc2)cc1-c1[c-]c(-c2c3ccccc3c(-c3ccccc3)c3ccccc23)ccc1. The van der Waals surface area contributed by atoms with E-state index in [0.717, 1.165) is 16.7 Å². The molecule has 0 spiro atoms. The summed E-state index contributed by atoms with van der Waals surface area (Å²) >= 11 is 0. The molecule has 0 fully saturated rings. The van der Waals surface area contributed by atoms with Gasteiger partial charge in [0.1, 0.15) is 0 Å². The average molecular weight is 570 g/mol. The molecule has 0 bridgehead atoms. The molecule has 0 nitrogen and oxygen atoms in total. The standard InChI is InChI=1S/C38H24.Y/c1-3-13-27(14-4-1)29-17-11-18-30(25-29)31-19-12-20-32(26-31)38-35-23-9-7-21-33(35)37(28-15-5-2-6-16-28)34-22-8-10-24-36(34)38;/h1-17,19-25H;/q-2;. The van der Waals surface area contributed by atoms with Gasteiger partial charge in [0.2, 0.25) is 0 Å². The van der Waals surface area contributed by atoms with Gasteiger partial charge in [0.05, 0.1) is 0 Å². The summed E-state index contributed by atoms with van der Waals surface area (Å²) in [5.41, 5.74) is 9.29. The van der Waals surface area contributed by atoms with Gasteiger partial charge in [0.25, 0.3) is 0 Å². The Morgan fingerprint density at radius 2 is 0.872 bits per heavy atom. The molecule has 0 saturated carbocycles. The third kappa shape index (κ3) is 4.76. The van der Waals surface area contributed by atoms with Crippen LogP contribution in [0.4, 0.5) is 0 Å². The second-order valence-electron chi connectivity index (χ2n) is 9.54. The summed E-state index contributed by atoms with van der Waals surface area (Å²) in [5.74, 6) is 0. The van der Waals surface area contributed by atoms with Gasteiger partial charge < -0.3 is 0 Å². The normalized spacial score (nSPS) is 10.9. The fourth-order valence-electron chi connectivity index (χ4n) is 5.54. The molecule has 0 atom stereocenters. The Morgan fingerprint density at radius 1 is 0.359 bits per heavy atom. The number of fused-ring (bicyclic) bond motifs is 2. The summed E-state index contributed by atoms with van der Waals surface area (Å²) < 4.78 is 0. The van der Waals surface area contributed by atoms with Gasteiger partial charge in [-0.3, -0.25) is 0 Å². The van der Waals surface area contributed by atoms with Gasteiger partial charge in [-0.1, -0.05) is 115 Å². The second kappa shape index (κ2) is 11.1. The van der Waals surface area contributed by atoms with Crippen molar-refractivity contribution < 1.29 is 32.7 Å². The van der Waals surface area contributed by atoms with E-state index in [-0.39, 0.29) is 32.7 Å². The zero-order valence-electron chi connectivity index (χ0n) is 21.4. The van der Waals surface area contributed by atoms with Crippen LogP contribution in [0.1, 0.15) is 0 Å². The molecule has 0 unspecified atom stereocenters. The summed E-state index contributed by atoms with van der Waals surface area (Å²) in [6.07, 6.45) is 0. The summed E-state index contributed by atoms with van der Waals surface area (Å²) in [5, 5.41) is 4.98. The Hall–Kier alpha value is -3.84. The number of hydrogen-bond acceptors (Lipinski definition) is 0. The Morgan fingerprint density at radius 3 is 1.49 bits per heavy atom. The molecule has 7 aromatic carbocycles. The predicted octanol–water partition coefficient (Wildman–Crippen LogP) is 10.3. The molecule has 0 aliphatic carbocycles. The number of rotatable bonds is 4. The molecule has 0 amide bonds. The van der Waals surface area contributed by atoms with Crippen LogP contribution in [0.5, 0.6) is 0 Å². The Bertz CT molecular complexity index is 1850. The molecule has 7 rings (SSSR count). The van der Waals surface area contributed by atoms with E-state index < -0.39 is 0 Å². The molecule has 39 heavy (non-hydrogen) atoms. The first kappa shape index (κ1) is 25.4. The molecule has 181 valence electrons. The van der Waals surface area contributed by atoms with Gasteiger partial charge in [0, 0.05) is 32.7 Å². The molecule has 0 N–H and O–H groups in total. The summed E-state index contributed by atoms with van der Waals surface area (Å²) in [6.45, 7) is 0. The van der Waals surface area contributed by atoms with E-state index in [0.29, 0.717) is 0 Å². The van der Waals surface area contributed by atoms with Crippen molar-refractivity contribution in [2.75, 3.05) is 0 Å². The van der Waals surface area contributed by atoms with Gasteiger partial charge in [-0.15, -0.1) is 29.3 Å². The van der Waals surface area contributed by atoms with Crippen LogP contribution in [0.3, 0.4) is 0 Å². The van der Waals surface area contributed by atoms with Crippen molar-refractivity contribution in [1.82, 2.24) is 0 Å². The molecule has 0 aliphatic heterocycles. The van der Waals surface area contributed by atoms with E-state index in [9.17, 15) is 0 Å². The van der Waals surface area contributed by atoms with Gasteiger partial charge in [0.15, 0.2) is 0 Å². The maximum Gasteiger partial charge on any atom is 0 e. The molecule has 0 aliphatic rings. The first-order valence-corrected chi connectivity index (χ1v) is 13.0. The van der Waals surface area contributed by atoms with E-state index in [4.69, 9.17) is 0 Å². The smallest absolute Gasteiger partial charge is 0 e. The van der Waals surface area contributed by atoms with Crippen molar-refractivity contribution in [3.8, 4) is 44.5 Å². The van der Waals surface area contributed by atoms with Crippen LogP contribution in [0.15, 0.2) is 146 Å². The minimum atomic E-state index is 0. The molecule has 1 radical (unpaired) electrons. The Kier molecular flexibility index (Phi) is 7.25. The first-order valence-electron chi connectivity index (χ1n) is 13.0. The van der Waals surface area contributed by atoms with Crippen molar-refractivity contribution in [2.45, 2.75) is 0 Å². The van der Waals surface area contributed by atoms with Crippen molar-refractivity contribution in [2.24, 2.45) is 0 Å². The molecular formula is C38H24Y-2. The van der Waals surface area contributed by atoms with E-state index in [1.807, 2.05) is 6.07 Å². The Labute approximate surface area is 254 Å². The van der Waals surface area contributed by atoms with Gasteiger partial charge in [-0.2, -0.15) is 35.9 Å². The van der Waals surface area contributed by atoms with Crippen LogP contribution in [0.2, 0.25) is 0 Å². The van der Waals surface area contributed by atoms with E-state index in [2.05, 4.69) is 152 Å². The minimum Gasteiger partial charge on any atom is -0.209 e. The summed E-state index contributed by atoms with van der Waals surface area (Å²) in [4.78, 5) is 0. The second-order valence-corrected chi connectivity index (χ2v) is 9.54. The predicted molar refractivity (Wildman–Crippen MR) is 161 cm³/mol. The van der Waals surface area contributed by atoms with Crippen molar-refractivity contribution >= 4 is 21.5 Å². The number of hydrogen-bond donors (Lipinski definition) is 0. The third-order valence-electron chi connectivity index (χ3n) is 7.26. The van der Waals surface area contributed by atoms with Gasteiger partial charge >= 0.3 is 0 Å². The third-order valence-corrected chi connectivity index (χ3v) is 7.26. The average Bonchev–Trinajstić information content (AvgIpc) is 3.01. The van der Waals surface area contributed by atoms with Gasteiger partial charge in [-0.25, -0.2) is 5.56 Å².